The van der Waals surface area contributed by atoms with Gasteiger partial charge in [0.25, 0.3) is 0 Å². The first kappa shape index (κ1) is 12.1. The molecule has 0 N–H and O–H groups in total. The van der Waals surface area contributed by atoms with Crippen molar-refractivity contribution in [2.24, 2.45) is 11.8 Å². The number of carbonyl (C=O) groups is 2. The van der Waals surface area contributed by atoms with E-state index in [1.807, 2.05) is 29.2 Å². The monoisotopic (exact) mass is 294 g/mol. The maximum absolute atomic E-state index is 12.7. The molecule has 0 aliphatic carbocycles. The average Bonchev–Trinajstić information content (AvgIpc) is 3.07. The predicted octanol–water partition coefficient (Wildman–Crippen LogP) is 1.81. The summed E-state index contributed by atoms with van der Waals surface area (Å²) in [5.74, 6) is -0.790. The van der Waals surface area contributed by atoms with Crippen LogP contribution in [0.2, 0.25) is 0 Å². The van der Waals surface area contributed by atoms with Crippen LogP contribution in [0.25, 0.3) is 10.9 Å². The maximum atomic E-state index is 12.7. The van der Waals surface area contributed by atoms with Gasteiger partial charge in [-0.2, -0.15) is 0 Å². The fourth-order valence-electron chi connectivity index (χ4n) is 4.02. The molecule has 3 aliphatic heterocycles. The lowest BCUT2D eigenvalue weighted by molar-refractivity contribution is -0.148. The third-order valence-electron chi connectivity index (χ3n) is 5.14. The molecule has 5 rings (SSSR count). The zero-order valence-corrected chi connectivity index (χ0v) is 11.9. The highest BCUT2D eigenvalue weighted by Crippen LogP contribution is 2.46. The van der Waals surface area contributed by atoms with Crippen molar-refractivity contribution >= 4 is 22.8 Å². The third kappa shape index (κ3) is 1.46. The Hall–Kier alpha value is -2.43. The largest absolute Gasteiger partial charge is 0.465 e. The fraction of sp³-hybridized carbons (Fsp3) is 0.353. The van der Waals surface area contributed by atoms with Crippen LogP contribution in [0.15, 0.2) is 30.3 Å². The lowest BCUT2D eigenvalue weighted by Crippen LogP contribution is -2.44. The first-order valence-corrected chi connectivity index (χ1v) is 7.58. The molecule has 3 aliphatic rings. The highest BCUT2D eigenvalue weighted by atomic mass is 16.5. The summed E-state index contributed by atoms with van der Waals surface area (Å²) in [5.41, 5.74) is 2.99. The second-order valence-corrected chi connectivity index (χ2v) is 6.29. The van der Waals surface area contributed by atoms with E-state index in [0.29, 0.717) is 13.0 Å². The van der Waals surface area contributed by atoms with Crippen molar-refractivity contribution in [3.05, 3.63) is 41.6 Å². The van der Waals surface area contributed by atoms with E-state index in [2.05, 4.69) is 6.07 Å². The number of nitrogens with zero attached hydrogens (tertiary/aromatic N) is 2. The minimum absolute atomic E-state index is 0.0363. The van der Waals surface area contributed by atoms with Crippen LogP contribution in [0.1, 0.15) is 23.7 Å². The number of amides is 1. The summed E-state index contributed by atoms with van der Waals surface area (Å²) in [6.07, 6.45) is 0.633. The molecule has 3 atom stereocenters. The highest BCUT2D eigenvalue weighted by Gasteiger charge is 2.52. The normalized spacial score (nSPS) is 29.3. The van der Waals surface area contributed by atoms with E-state index in [0.717, 1.165) is 22.2 Å². The number of piperidine rings is 1. The van der Waals surface area contributed by atoms with Gasteiger partial charge in [0, 0.05) is 11.9 Å². The van der Waals surface area contributed by atoms with Gasteiger partial charge in [-0.25, -0.2) is 0 Å². The zero-order chi connectivity index (χ0) is 14.8. The highest BCUT2D eigenvalue weighted by molar-refractivity contribution is 5.90. The average molecular weight is 294 g/mol. The van der Waals surface area contributed by atoms with Gasteiger partial charge in [0.2, 0.25) is 5.91 Å². The molecule has 2 fully saturated rings. The number of benzene rings is 1. The summed E-state index contributed by atoms with van der Waals surface area (Å²) in [4.78, 5) is 31.2. The van der Waals surface area contributed by atoms with Crippen LogP contribution in [0, 0.1) is 11.8 Å². The Labute approximate surface area is 126 Å². The molecule has 110 valence electrons. The minimum Gasteiger partial charge on any atom is -0.465 e. The number of fused-ring (bicyclic) bond motifs is 5. The minimum atomic E-state index is -0.299. The topological polar surface area (TPSA) is 59.5 Å². The quantitative estimate of drug-likeness (QED) is 0.695. The van der Waals surface area contributed by atoms with Gasteiger partial charge in [-0.1, -0.05) is 18.2 Å². The van der Waals surface area contributed by atoms with Gasteiger partial charge >= 0.3 is 5.97 Å². The van der Waals surface area contributed by atoms with Crippen LogP contribution < -0.4 is 0 Å². The van der Waals surface area contributed by atoms with Crippen LogP contribution >= 0.6 is 0 Å². The van der Waals surface area contributed by atoms with E-state index in [1.165, 1.54) is 0 Å². The molecule has 22 heavy (non-hydrogen) atoms. The Kier molecular flexibility index (Phi) is 2.24. The van der Waals surface area contributed by atoms with Crippen molar-refractivity contribution in [1.29, 1.82) is 0 Å². The van der Waals surface area contributed by atoms with Gasteiger partial charge < -0.3 is 9.64 Å². The van der Waals surface area contributed by atoms with Crippen LogP contribution in [0.4, 0.5) is 0 Å². The molecule has 1 aromatic heterocycles. The number of aromatic nitrogens is 1. The molecule has 5 nitrogen and oxygen atoms in total. The first-order chi connectivity index (χ1) is 10.7. The summed E-state index contributed by atoms with van der Waals surface area (Å²) in [6.45, 7) is 0.825. The second-order valence-electron chi connectivity index (χ2n) is 6.29. The molecule has 2 saturated heterocycles. The van der Waals surface area contributed by atoms with E-state index in [-0.39, 0.29) is 36.4 Å². The number of rotatable bonds is 0. The van der Waals surface area contributed by atoms with Gasteiger partial charge in [-0.3, -0.25) is 14.6 Å². The molecule has 1 amide bonds. The van der Waals surface area contributed by atoms with Gasteiger partial charge in [0.05, 0.1) is 29.1 Å². The number of pyridine rings is 1. The smallest absolute Gasteiger partial charge is 0.309 e. The third-order valence-corrected chi connectivity index (χ3v) is 5.14. The standard InChI is InChI=1S/C17H14N2O3/c20-16-12-8-22-17(21)11(12)6-14-15-10(7-19(14)16)5-9-3-1-2-4-13(9)18-15/h1-5,11-12,14H,6-8H2/t11-,12-,14+/m1/s1. The van der Waals surface area contributed by atoms with E-state index in [4.69, 9.17) is 9.72 Å². The molecule has 2 aromatic rings. The Morgan fingerprint density at radius 2 is 2.05 bits per heavy atom. The van der Waals surface area contributed by atoms with E-state index in [9.17, 15) is 9.59 Å². The van der Waals surface area contributed by atoms with Crippen LogP contribution in [0.3, 0.4) is 0 Å². The summed E-state index contributed by atoms with van der Waals surface area (Å²) >= 11 is 0. The Morgan fingerprint density at radius 3 is 2.95 bits per heavy atom. The van der Waals surface area contributed by atoms with Crippen molar-refractivity contribution in [3.8, 4) is 0 Å². The number of esters is 1. The number of cyclic esters (lactones) is 1. The first-order valence-electron chi connectivity index (χ1n) is 7.58. The molecule has 1 aromatic carbocycles. The van der Waals surface area contributed by atoms with E-state index < -0.39 is 0 Å². The summed E-state index contributed by atoms with van der Waals surface area (Å²) in [7, 11) is 0. The molecule has 4 heterocycles. The molecule has 0 radical (unpaired) electrons. The molecule has 0 saturated carbocycles. The number of para-hydroxylation sites is 1. The number of ether oxygens (including phenoxy) is 1. The van der Waals surface area contributed by atoms with Crippen molar-refractivity contribution in [2.45, 2.75) is 19.0 Å². The Balaban J connectivity index is 1.63. The fourth-order valence-corrected chi connectivity index (χ4v) is 4.02. The van der Waals surface area contributed by atoms with Crippen molar-refractivity contribution in [1.82, 2.24) is 9.88 Å². The molecule has 0 unspecified atom stereocenters. The zero-order valence-electron chi connectivity index (χ0n) is 11.9. The van der Waals surface area contributed by atoms with E-state index in [1.54, 1.807) is 0 Å². The number of carbonyl (C=O) groups excluding carboxylic acids is 2. The number of hydrogen-bond donors (Lipinski definition) is 0. The molecule has 5 heteroatoms. The van der Waals surface area contributed by atoms with Crippen molar-refractivity contribution < 1.29 is 14.3 Å². The second kappa shape index (κ2) is 4.06. The molecule has 0 spiro atoms. The molecule has 0 bridgehead atoms. The van der Waals surface area contributed by atoms with Gasteiger partial charge in [-0.15, -0.1) is 0 Å². The van der Waals surface area contributed by atoms with Crippen LogP contribution in [0.5, 0.6) is 0 Å². The van der Waals surface area contributed by atoms with E-state index >= 15 is 0 Å². The van der Waals surface area contributed by atoms with Crippen LogP contribution in [-0.2, 0) is 20.9 Å². The van der Waals surface area contributed by atoms with Gasteiger partial charge in [0.15, 0.2) is 0 Å². The van der Waals surface area contributed by atoms with Crippen molar-refractivity contribution in [3.63, 3.8) is 0 Å². The maximum Gasteiger partial charge on any atom is 0.309 e. The lowest BCUT2D eigenvalue weighted by Gasteiger charge is -2.34. The molecular formula is C17H14N2O3. The summed E-state index contributed by atoms with van der Waals surface area (Å²) in [5, 5.41) is 1.09. The van der Waals surface area contributed by atoms with Gasteiger partial charge in [0.1, 0.15) is 6.61 Å². The summed E-state index contributed by atoms with van der Waals surface area (Å²) < 4.78 is 5.09. The Morgan fingerprint density at radius 1 is 1.18 bits per heavy atom. The lowest BCUT2D eigenvalue weighted by atomic mass is 9.83. The summed E-state index contributed by atoms with van der Waals surface area (Å²) in [6, 6.07) is 10.0. The van der Waals surface area contributed by atoms with Gasteiger partial charge in [-0.05, 0) is 24.1 Å². The van der Waals surface area contributed by atoms with Crippen LogP contribution in [-0.4, -0.2) is 28.4 Å². The van der Waals surface area contributed by atoms with Crippen molar-refractivity contribution in [2.75, 3.05) is 6.61 Å². The number of hydrogen-bond acceptors (Lipinski definition) is 4. The Bertz CT molecular complexity index is 832. The SMILES string of the molecule is O=C1OC[C@H]2C(=O)N3Cc4cc5ccccc5nc4[C@@H]3C[C@@H]12. The molecular weight excluding hydrogens is 280 g/mol. The predicted molar refractivity (Wildman–Crippen MR) is 77.6 cm³/mol.